The van der Waals surface area contributed by atoms with Crippen molar-refractivity contribution >= 4 is 11.8 Å². The lowest BCUT2D eigenvalue weighted by Crippen LogP contribution is -2.07. The molecule has 0 radical (unpaired) electrons. The zero-order valence-corrected chi connectivity index (χ0v) is 8.49. The SMILES string of the molecule is C=C(CC(=O)O)C(=O)c1ccc(C)cc1. The fourth-order valence-electron chi connectivity index (χ4n) is 1.17. The Morgan fingerprint density at radius 3 is 2.27 bits per heavy atom. The van der Waals surface area contributed by atoms with Crippen LogP contribution in [0.5, 0.6) is 0 Å². The fourth-order valence-corrected chi connectivity index (χ4v) is 1.17. The Hall–Kier alpha value is -1.90. The van der Waals surface area contributed by atoms with Crippen molar-refractivity contribution in [3.63, 3.8) is 0 Å². The van der Waals surface area contributed by atoms with Crippen molar-refractivity contribution < 1.29 is 14.7 Å². The molecule has 0 bridgehead atoms. The van der Waals surface area contributed by atoms with Gasteiger partial charge in [-0.2, -0.15) is 0 Å². The van der Waals surface area contributed by atoms with Crippen molar-refractivity contribution in [3.05, 3.63) is 47.5 Å². The van der Waals surface area contributed by atoms with Crippen molar-refractivity contribution in [2.75, 3.05) is 0 Å². The molecule has 0 aliphatic heterocycles. The van der Waals surface area contributed by atoms with Gasteiger partial charge in [0.25, 0.3) is 0 Å². The Kier molecular flexibility index (Phi) is 3.39. The molecule has 0 aliphatic carbocycles. The van der Waals surface area contributed by atoms with E-state index in [0.29, 0.717) is 5.56 Å². The summed E-state index contributed by atoms with van der Waals surface area (Å²) in [6, 6.07) is 6.96. The zero-order chi connectivity index (χ0) is 11.4. The molecule has 3 nitrogen and oxygen atoms in total. The minimum atomic E-state index is -1.04. The van der Waals surface area contributed by atoms with E-state index in [1.165, 1.54) is 0 Å². The number of carbonyl (C=O) groups excluding carboxylic acids is 1. The topological polar surface area (TPSA) is 54.4 Å². The van der Waals surface area contributed by atoms with E-state index < -0.39 is 5.97 Å². The molecule has 15 heavy (non-hydrogen) atoms. The van der Waals surface area contributed by atoms with Gasteiger partial charge in [0.05, 0.1) is 6.42 Å². The highest BCUT2D eigenvalue weighted by molar-refractivity contribution is 6.10. The van der Waals surface area contributed by atoms with Crippen molar-refractivity contribution in [2.24, 2.45) is 0 Å². The maximum Gasteiger partial charge on any atom is 0.307 e. The highest BCUT2D eigenvalue weighted by Gasteiger charge is 2.12. The molecule has 0 unspecified atom stereocenters. The predicted octanol–water partition coefficient (Wildman–Crippen LogP) is 2.21. The Balaban J connectivity index is 2.81. The van der Waals surface area contributed by atoms with Crippen LogP contribution in [0.4, 0.5) is 0 Å². The molecule has 0 saturated carbocycles. The number of ketones is 1. The summed E-state index contributed by atoms with van der Waals surface area (Å²) in [6.07, 6.45) is -0.313. The number of carboxylic acid groups (broad SMARTS) is 1. The van der Waals surface area contributed by atoms with Crippen LogP contribution in [0, 0.1) is 6.92 Å². The Morgan fingerprint density at radius 1 is 1.27 bits per heavy atom. The monoisotopic (exact) mass is 204 g/mol. The predicted molar refractivity (Wildman–Crippen MR) is 56.9 cm³/mol. The van der Waals surface area contributed by atoms with Gasteiger partial charge in [0.1, 0.15) is 0 Å². The maximum atomic E-state index is 11.6. The minimum Gasteiger partial charge on any atom is -0.481 e. The second kappa shape index (κ2) is 4.55. The summed E-state index contributed by atoms with van der Waals surface area (Å²) >= 11 is 0. The number of aryl methyl sites for hydroxylation is 1. The Bertz CT molecular complexity index is 401. The van der Waals surface area contributed by atoms with Crippen LogP contribution in [0.2, 0.25) is 0 Å². The highest BCUT2D eigenvalue weighted by Crippen LogP contribution is 2.11. The largest absolute Gasteiger partial charge is 0.481 e. The number of Topliss-reactive ketones (excluding diaryl/α,β-unsaturated/α-hetero) is 1. The van der Waals surface area contributed by atoms with Gasteiger partial charge in [0.15, 0.2) is 5.78 Å². The van der Waals surface area contributed by atoms with Gasteiger partial charge in [-0.1, -0.05) is 36.4 Å². The summed E-state index contributed by atoms with van der Waals surface area (Å²) in [5, 5.41) is 8.51. The molecule has 0 amide bonds. The van der Waals surface area contributed by atoms with Gasteiger partial charge in [0.2, 0.25) is 0 Å². The molecule has 0 heterocycles. The maximum absolute atomic E-state index is 11.6. The second-order valence-corrected chi connectivity index (χ2v) is 3.37. The van der Waals surface area contributed by atoms with Gasteiger partial charge in [-0.05, 0) is 6.92 Å². The number of rotatable bonds is 4. The van der Waals surface area contributed by atoms with E-state index >= 15 is 0 Å². The van der Waals surface area contributed by atoms with Crippen LogP contribution in [0.3, 0.4) is 0 Å². The van der Waals surface area contributed by atoms with Gasteiger partial charge >= 0.3 is 5.97 Å². The van der Waals surface area contributed by atoms with Gasteiger partial charge in [-0.3, -0.25) is 9.59 Å². The van der Waals surface area contributed by atoms with E-state index in [-0.39, 0.29) is 17.8 Å². The van der Waals surface area contributed by atoms with E-state index in [1.54, 1.807) is 24.3 Å². The fraction of sp³-hybridized carbons (Fsp3) is 0.167. The Morgan fingerprint density at radius 2 is 1.80 bits per heavy atom. The van der Waals surface area contributed by atoms with E-state index in [1.807, 2.05) is 6.92 Å². The smallest absolute Gasteiger partial charge is 0.307 e. The summed E-state index contributed by atoms with van der Waals surface area (Å²) in [4.78, 5) is 22.0. The van der Waals surface area contributed by atoms with Gasteiger partial charge < -0.3 is 5.11 Å². The lowest BCUT2D eigenvalue weighted by atomic mass is 10.0. The summed E-state index contributed by atoms with van der Waals surface area (Å²) < 4.78 is 0. The molecule has 3 heteroatoms. The molecule has 78 valence electrons. The first-order chi connectivity index (χ1) is 7.00. The molecule has 0 aliphatic rings. The molecule has 0 saturated heterocycles. The van der Waals surface area contributed by atoms with Crippen molar-refractivity contribution in [1.29, 1.82) is 0 Å². The van der Waals surface area contributed by atoms with Crippen LogP contribution in [-0.2, 0) is 4.79 Å². The average Bonchev–Trinajstić information content (AvgIpc) is 2.17. The first-order valence-electron chi connectivity index (χ1n) is 4.51. The molecule has 1 aromatic carbocycles. The average molecular weight is 204 g/mol. The van der Waals surface area contributed by atoms with E-state index in [2.05, 4.69) is 6.58 Å². The standard InChI is InChI=1S/C12H12O3/c1-8-3-5-10(6-4-8)12(15)9(2)7-11(13)14/h3-6H,2,7H2,1H3,(H,13,14). The summed E-state index contributed by atoms with van der Waals surface area (Å²) in [5.41, 5.74) is 1.63. The molecular formula is C12H12O3. The molecule has 1 aromatic rings. The van der Waals surface area contributed by atoms with E-state index in [0.717, 1.165) is 5.56 Å². The summed E-state index contributed by atoms with van der Waals surface area (Å²) in [7, 11) is 0. The van der Waals surface area contributed by atoms with E-state index in [9.17, 15) is 9.59 Å². The normalized spacial score (nSPS) is 9.67. The minimum absolute atomic E-state index is 0.103. The molecule has 1 rings (SSSR count). The van der Waals surface area contributed by atoms with Crippen LogP contribution in [-0.4, -0.2) is 16.9 Å². The van der Waals surface area contributed by atoms with E-state index in [4.69, 9.17) is 5.11 Å². The van der Waals surface area contributed by atoms with Crippen LogP contribution >= 0.6 is 0 Å². The number of benzene rings is 1. The zero-order valence-electron chi connectivity index (χ0n) is 8.49. The number of carbonyl (C=O) groups is 2. The summed E-state index contributed by atoms with van der Waals surface area (Å²) in [5.74, 6) is -1.35. The third-order valence-corrected chi connectivity index (χ3v) is 2.00. The van der Waals surface area contributed by atoms with Crippen LogP contribution in [0.25, 0.3) is 0 Å². The Labute approximate surface area is 88.0 Å². The van der Waals surface area contributed by atoms with Crippen molar-refractivity contribution in [3.8, 4) is 0 Å². The highest BCUT2D eigenvalue weighted by atomic mass is 16.4. The van der Waals surface area contributed by atoms with Crippen molar-refractivity contribution in [1.82, 2.24) is 0 Å². The molecule has 0 fully saturated rings. The quantitative estimate of drug-likeness (QED) is 0.604. The first-order valence-corrected chi connectivity index (χ1v) is 4.51. The van der Waals surface area contributed by atoms with Gasteiger partial charge in [0, 0.05) is 11.1 Å². The molecule has 0 atom stereocenters. The van der Waals surface area contributed by atoms with Gasteiger partial charge in [-0.25, -0.2) is 0 Å². The van der Waals surface area contributed by atoms with Crippen LogP contribution in [0.15, 0.2) is 36.4 Å². The van der Waals surface area contributed by atoms with Crippen LogP contribution in [0.1, 0.15) is 22.3 Å². The number of hydrogen-bond donors (Lipinski definition) is 1. The number of hydrogen-bond acceptors (Lipinski definition) is 2. The molecule has 1 N–H and O–H groups in total. The van der Waals surface area contributed by atoms with Crippen molar-refractivity contribution in [2.45, 2.75) is 13.3 Å². The third kappa shape index (κ3) is 3.06. The van der Waals surface area contributed by atoms with Crippen LogP contribution < -0.4 is 0 Å². The molecule has 0 aromatic heterocycles. The number of aliphatic carboxylic acids is 1. The third-order valence-electron chi connectivity index (χ3n) is 2.00. The summed E-state index contributed by atoms with van der Waals surface area (Å²) in [6.45, 7) is 5.38. The second-order valence-electron chi connectivity index (χ2n) is 3.37. The van der Waals surface area contributed by atoms with Gasteiger partial charge in [-0.15, -0.1) is 0 Å². The molecular weight excluding hydrogens is 192 g/mol. The first kappa shape index (κ1) is 11.2. The number of carboxylic acids is 1. The lowest BCUT2D eigenvalue weighted by Gasteiger charge is -2.02. The molecule has 0 spiro atoms. The lowest BCUT2D eigenvalue weighted by molar-refractivity contribution is -0.136.